The highest BCUT2D eigenvalue weighted by molar-refractivity contribution is 8.14. The first kappa shape index (κ1) is 19.0. The Kier molecular flexibility index (Phi) is 5.40. The summed E-state index contributed by atoms with van der Waals surface area (Å²) in [7, 11) is 0. The van der Waals surface area contributed by atoms with Crippen molar-refractivity contribution in [1.29, 1.82) is 0 Å². The van der Waals surface area contributed by atoms with Gasteiger partial charge in [-0.2, -0.15) is 0 Å². The second-order valence-corrected chi connectivity index (χ2v) is 7.56. The SMILES string of the molecule is CCNC1=N[C@@H]2[C@@H](O)[C@H](O)[C@@H](Cn3nnnc3C(=O)c3ccccc3)O[C@@H]2S1. The predicted molar refractivity (Wildman–Crippen MR) is 101 cm³/mol. The number of rotatable bonds is 5. The summed E-state index contributed by atoms with van der Waals surface area (Å²) in [5, 5.41) is 36.0. The van der Waals surface area contributed by atoms with E-state index in [2.05, 4.69) is 25.8 Å². The van der Waals surface area contributed by atoms with Crippen LogP contribution >= 0.6 is 11.8 Å². The lowest BCUT2D eigenvalue weighted by Crippen LogP contribution is -2.56. The second-order valence-electron chi connectivity index (χ2n) is 6.48. The molecule has 1 aromatic heterocycles. The molecule has 5 atom stereocenters. The number of fused-ring (bicyclic) bond motifs is 1. The summed E-state index contributed by atoms with van der Waals surface area (Å²) in [5.74, 6) is -0.287. The zero-order chi connectivity index (χ0) is 19.7. The molecule has 0 amide bonds. The first-order valence-corrected chi connectivity index (χ1v) is 9.82. The van der Waals surface area contributed by atoms with Crippen LogP contribution in [0, 0.1) is 0 Å². The largest absolute Gasteiger partial charge is 0.388 e. The van der Waals surface area contributed by atoms with Crippen LogP contribution in [0.5, 0.6) is 0 Å². The number of tetrazole rings is 1. The summed E-state index contributed by atoms with van der Waals surface area (Å²) in [6, 6.07) is 8.13. The molecular weight excluding hydrogens is 384 g/mol. The van der Waals surface area contributed by atoms with E-state index in [1.54, 1.807) is 24.3 Å². The molecule has 1 saturated heterocycles. The van der Waals surface area contributed by atoms with Gasteiger partial charge in [0.2, 0.25) is 11.6 Å². The Hall–Kier alpha value is -2.34. The number of carbonyl (C=O) groups excluding carboxylic acids is 1. The number of ketones is 1. The molecule has 4 rings (SSSR count). The highest BCUT2D eigenvalue weighted by Crippen LogP contribution is 2.36. The van der Waals surface area contributed by atoms with Gasteiger partial charge in [-0.05, 0) is 17.4 Å². The van der Waals surface area contributed by atoms with E-state index in [-0.39, 0.29) is 18.2 Å². The molecule has 28 heavy (non-hydrogen) atoms. The van der Waals surface area contributed by atoms with Gasteiger partial charge >= 0.3 is 0 Å². The van der Waals surface area contributed by atoms with E-state index in [4.69, 9.17) is 4.74 Å². The fraction of sp³-hybridized carbons (Fsp3) is 0.471. The molecule has 0 bridgehead atoms. The van der Waals surface area contributed by atoms with Gasteiger partial charge in [0.05, 0.1) is 6.54 Å². The van der Waals surface area contributed by atoms with Crippen molar-refractivity contribution in [1.82, 2.24) is 25.5 Å². The monoisotopic (exact) mass is 404 g/mol. The number of benzene rings is 1. The standard InChI is InChI=1S/C17H20N6O4S/c1-2-18-17-19-11-14(26)13(25)10(27-16(11)28-17)8-23-15(20-21-22-23)12(24)9-6-4-3-5-7-9/h3-7,10-11,13-14,16,25-26H,2,8H2,1H3,(H,18,19)/t10-,11-,13-,14-,16-/m1/s1. The van der Waals surface area contributed by atoms with Crippen LogP contribution in [0.4, 0.5) is 0 Å². The van der Waals surface area contributed by atoms with Crippen LogP contribution in [0.15, 0.2) is 35.3 Å². The Labute approximate surface area is 165 Å². The number of thioether (sulfide) groups is 1. The number of hydrogen-bond acceptors (Lipinski definition) is 10. The van der Waals surface area contributed by atoms with Gasteiger partial charge in [-0.3, -0.25) is 9.79 Å². The maximum atomic E-state index is 12.7. The van der Waals surface area contributed by atoms with Gasteiger partial charge in [-0.15, -0.1) is 5.10 Å². The number of hydrogen-bond donors (Lipinski definition) is 3. The van der Waals surface area contributed by atoms with Crippen LogP contribution in [0.1, 0.15) is 23.1 Å². The molecule has 0 spiro atoms. The highest BCUT2D eigenvalue weighted by Gasteiger charge is 2.48. The third-order valence-electron chi connectivity index (χ3n) is 4.61. The Morgan fingerprint density at radius 2 is 2.07 bits per heavy atom. The Morgan fingerprint density at radius 3 is 2.82 bits per heavy atom. The zero-order valence-corrected chi connectivity index (χ0v) is 15.9. The van der Waals surface area contributed by atoms with Crippen LogP contribution in [-0.4, -0.2) is 77.7 Å². The lowest BCUT2D eigenvalue weighted by molar-refractivity contribution is -0.157. The molecule has 3 heterocycles. The zero-order valence-electron chi connectivity index (χ0n) is 15.0. The molecule has 0 radical (unpaired) electrons. The van der Waals surface area contributed by atoms with E-state index in [9.17, 15) is 15.0 Å². The number of ether oxygens (including phenoxy) is 1. The maximum absolute atomic E-state index is 12.7. The summed E-state index contributed by atoms with van der Waals surface area (Å²) in [4.78, 5) is 17.0. The quantitative estimate of drug-likeness (QED) is 0.560. The van der Waals surface area contributed by atoms with Crippen molar-refractivity contribution < 1.29 is 19.7 Å². The molecule has 3 N–H and O–H groups in total. The highest BCUT2D eigenvalue weighted by atomic mass is 32.2. The van der Waals surface area contributed by atoms with Gasteiger partial charge in [0, 0.05) is 12.1 Å². The lowest BCUT2D eigenvalue weighted by Gasteiger charge is -2.38. The average molecular weight is 404 g/mol. The number of nitrogens with zero attached hydrogens (tertiary/aromatic N) is 5. The van der Waals surface area contributed by atoms with Crippen LogP contribution in [0.3, 0.4) is 0 Å². The Bertz CT molecular complexity index is 876. The molecule has 0 aliphatic carbocycles. The van der Waals surface area contributed by atoms with Crippen LogP contribution in [-0.2, 0) is 11.3 Å². The van der Waals surface area contributed by atoms with Gasteiger partial charge in [0.15, 0.2) is 5.17 Å². The number of aromatic nitrogens is 4. The fourth-order valence-corrected chi connectivity index (χ4v) is 4.39. The number of aliphatic hydroxyl groups is 2. The van der Waals surface area contributed by atoms with E-state index >= 15 is 0 Å². The average Bonchev–Trinajstić information content (AvgIpc) is 3.33. The molecule has 1 fully saturated rings. The number of nitrogens with one attached hydrogen (secondary N) is 1. The first-order valence-electron chi connectivity index (χ1n) is 8.94. The molecule has 1 aromatic carbocycles. The van der Waals surface area contributed by atoms with Crippen molar-refractivity contribution in [2.45, 2.75) is 43.3 Å². The van der Waals surface area contributed by atoms with Crippen LogP contribution < -0.4 is 5.32 Å². The summed E-state index contributed by atoms with van der Waals surface area (Å²) in [6.07, 6.45) is -3.06. The number of aliphatic hydroxyl groups excluding tert-OH is 2. The predicted octanol–water partition coefficient (Wildman–Crippen LogP) is -0.568. The van der Waals surface area contributed by atoms with E-state index < -0.39 is 29.8 Å². The lowest BCUT2D eigenvalue weighted by atomic mass is 9.98. The number of aliphatic imine (C=N–C) groups is 1. The third kappa shape index (κ3) is 3.53. The molecular formula is C17H20N6O4S. The van der Waals surface area contributed by atoms with Crippen LogP contribution in [0.2, 0.25) is 0 Å². The molecule has 2 aliphatic rings. The molecule has 10 nitrogen and oxygen atoms in total. The van der Waals surface area contributed by atoms with Gasteiger partial charge in [0.25, 0.3) is 0 Å². The minimum atomic E-state index is -1.18. The number of amidine groups is 1. The van der Waals surface area contributed by atoms with Crippen molar-refractivity contribution >= 4 is 22.7 Å². The van der Waals surface area contributed by atoms with Crippen molar-refractivity contribution in [3.8, 4) is 0 Å². The van der Waals surface area contributed by atoms with E-state index in [0.29, 0.717) is 17.3 Å². The summed E-state index contributed by atoms with van der Waals surface area (Å²) < 4.78 is 7.25. The van der Waals surface area contributed by atoms with E-state index in [1.165, 1.54) is 16.4 Å². The smallest absolute Gasteiger partial charge is 0.231 e. The Balaban J connectivity index is 1.50. The van der Waals surface area contributed by atoms with E-state index in [0.717, 1.165) is 0 Å². The summed E-state index contributed by atoms with van der Waals surface area (Å²) in [5.41, 5.74) is 0.0287. The van der Waals surface area contributed by atoms with Gasteiger partial charge < -0.3 is 20.3 Å². The van der Waals surface area contributed by atoms with Crippen LogP contribution in [0.25, 0.3) is 0 Å². The van der Waals surface area contributed by atoms with Gasteiger partial charge in [-0.1, -0.05) is 42.1 Å². The van der Waals surface area contributed by atoms with Gasteiger partial charge in [-0.25, -0.2) is 4.68 Å². The first-order chi connectivity index (χ1) is 13.6. The number of carbonyl (C=O) groups is 1. The fourth-order valence-electron chi connectivity index (χ4n) is 3.20. The van der Waals surface area contributed by atoms with E-state index in [1.807, 2.05) is 13.0 Å². The van der Waals surface area contributed by atoms with Gasteiger partial charge in [0.1, 0.15) is 29.8 Å². The van der Waals surface area contributed by atoms with Crippen molar-refractivity contribution in [3.05, 3.63) is 41.7 Å². The molecule has 2 aliphatic heterocycles. The summed E-state index contributed by atoms with van der Waals surface area (Å²) in [6.45, 7) is 2.67. The molecule has 0 unspecified atom stereocenters. The molecule has 11 heteroatoms. The Morgan fingerprint density at radius 1 is 1.29 bits per heavy atom. The minimum absolute atomic E-state index is 0.0272. The van der Waals surface area contributed by atoms with Crippen molar-refractivity contribution in [3.63, 3.8) is 0 Å². The van der Waals surface area contributed by atoms with Crippen molar-refractivity contribution in [2.75, 3.05) is 6.54 Å². The third-order valence-corrected chi connectivity index (χ3v) is 5.71. The maximum Gasteiger partial charge on any atom is 0.231 e. The molecule has 148 valence electrons. The second kappa shape index (κ2) is 7.95. The topological polar surface area (TPSA) is 135 Å². The molecule has 0 saturated carbocycles. The van der Waals surface area contributed by atoms with Crippen molar-refractivity contribution in [2.24, 2.45) is 4.99 Å². The normalized spacial score (nSPS) is 29.2. The minimum Gasteiger partial charge on any atom is -0.388 e. The summed E-state index contributed by atoms with van der Waals surface area (Å²) >= 11 is 1.37. The molecule has 2 aromatic rings.